The quantitative estimate of drug-likeness (QED) is 0.833. The van der Waals surface area contributed by atoms with Gasteiger partial charge in [0, 0.05) is 23.4 Å². The second-order valence-electron chi connectivity index (χ2n) is 6.43. The zero-order valence-corrected chi connectivity index (χ0v) is 14.9. The van der Waals surface area contributed by atoms with Gasteiger partial charge in [0.15, 0.2) is 0 Å². The topological polar surface area (TPSA) is 28.2 Å². The lowest BCUT2D eigenvalue weighted by atomic mass is 9.83. The molecule has 2 unspecified atom stereocenters. The maximum absolute atomic E-state index is 4.69. The van der Waals surface area contributed by atoms with Crippen LogP contribution in [0.5, 0.6) is 0 Å². The summed E-state index contributed by atoms with van der Waals surface area (Å²) in [6.07, 6.45) is 6.33. The molecule has 0 aliphatic carbocycles. The number of aromatic nitrogens is 1. The Morgan fingerprint density at radius 2 is 2.05 bits per heavy atom. The van der Waals surface area contributed by atoms with Crippen LogP contribution in [0.2, 0.25) is 0 Å². The lowest BCUT2D eigenvalue weighted by Crippen LogP contribution is -2.61. The van der Waals surface area contributed by atoms with Crippen molar-refractivity contribution < 1.29 is 0 Å². The molecule has 3 nitrogen and oxygen atoms in total. The molecule has 1 saturated heterocycles. The van der Waals surface area contributed by atoms with Crippen molar-refractivity contribution in [3.05, 3.63) is 16.1 Å². The minimum atomic E-state index is 0.230. The van der Waals surface area contributed by atoms with E-state index in [1.807, 2.05) is 0 Å². The van der Waals surface area contributed by atoms with Gasteiger partial charge in [-0.15, -0.1) is 11.3 Å². The highest BCUT2D eigenvalue weighted by molar-refractivity contribution is 7.09. The number of piperidine rings is 1. The molecular weight excluding hydrogens is 278 g/mol. The van der Waals surface area contributed by atoms with Crippen LogP contribution in [0, 0.1) is 6.92 Å². The summed E-state index contributed by atoms with van der Waals surface area (Å²) in [5, 5.41) is 7.16. The molecule has 0 spiro atoms. The predicted molar refractivity (Wildman–Crippen MR) is 92.1 cm³/mol. The molecule has 2 heterocycles. The molecule has 0 bridgehead atoms. The minimum Gasteiger partial charge on any atom is -0.312 e. The first-order valence-corrected chi connectivity index (χ1v) is 9.37. The van der Waals surface area contributed by atoms with Crippen molar-refractivity contribution in [2.45, 2.75) is 71.4 Å². The molecule has 0 radical (unpaired) electrons. The first-order chi connectivity index (χ1) is 10.1. The van der Waals surface area contributed by atoms with Gasteiger partial charge in [-0.25, -0.2) is 4.98 Å². The second kappa shape index (κ2) is 7.70. The summed E-state index contributed by atoms with van der Waals surface area (Å²) in [6, 6.07) is 0.479. The second-order valence-corrected chi connectivity index (χ2v) is 7.49. The summed E-state index contributed by atoms with van der Waals surface area (Å²) in [7, 11) is 0. The molecule has 4 heteroatoms. The molecule has 120 valence electrons. The number of rotatable bonds is 7. The highest BCUT2D eigenvalue weighted by atomic mass is 32.1. The largest absolute Gasteiger partial charge is 0.312 e. The van der Waals surface area contributed by atoms with Crippen LogP contribution >= 0.6 is 11.3 Å². The third-order valence-electron chi connectivity index (χ3n) is 5.08. The fraction of sp³-hybridized carbons (Fsp3) is 0.824. The van der Waals surface area contributed by atoms with Gasteiger partial charge in [-0.2, -0.15) is 0 Å². The van der Waals surface area contributed by atoms with Crippen molar-refractivity contribution in [3.63, 3.8) is 0 Å². The highest BCUT2D eigenvalue weighted by Crippen LogP contribution is 2.29. The Bertz CT molecular complexity index is 425. The van der Waals surface area contributed by atoms with Crippen molar-refractivity contribution in [2.75, 3.05) is 19.6 Å². The normalized spacial score (nSPS) is 21.1. The SMILES string of the molecule is CCNC(Cc1csc(C)n1)C(C)(CC)N1CCCCC1. The Labute approximate surface area is 134 Å². The number of hydrogen-bond acceptors (Lipinski definition) is 4. The Morgan fingerprint density at radius 3 is 2.57 bits per heavy atom. The minimum absolute atomic E-state index is 0.230. The smallest absolute Gasteiger partial charge is 0.0897 e. The molecule has 0 amide bonds. The van der Waals surface area contributed by atoms with Gasteiger partial charge in [0.2, 0.25) is 0 Å². The predicted octanol–water partition coefficient (Wildman–Crippen LogP) is 3.63. The molecule has 0 aromatic carbocycles. The number of likely N-dealkylation sites (N-methyl/N-ethyl adjacent to an activating group) is 1. The zero-order chi connectivity index (χ0) is 15.3. The van der Waals surface area contributed by atoms with Gasteiger partial charge in [-0.05, 0) is 52.7 Å². The molecular formula is C17H31N3S. The first kappa shape index (κ1) is 16.9. The molecule has 1 aliphatic rings. The fourth-order valence-corrected chi connectivity index (χ4v) is 4.19. The van der Waals surface area contributed by atoms with Crippen LogP contribution < -0.4 is 5.32 Å². The van der Waals surface area contributed by atoms with Crippen LogP contribution in [0.15, 0.2) is 5.38 Å². The molecule has 1 fully saturated rings. The van der Waals surface area contributed by atoms with E-state index in [-0.39, 0.29) is 5.54 Å². The van der Waals surface area contributed by atoms with Crippen LogP contribution in [0.1, 0.15) is 57.2 Å². The lowest BCUT2D eigenvalue weighted by Gasteiger charge is -2.48. The van der Waals surface area contributed by atoms with Crippen LogP contribution in [-0.4, -0.2) is 41.1 Å². The molecule has 1 aromatic heterocycles. The number of thiazole rings is 1. The number of aryl methyl sites for hydroxylation is 1. The van der Waals surface area contributed by atoms with E-state index in [0.717, 1.165) is 13.0 Å². The van der Waals surface area contributed by atoms with E-state index < -0.39 is 0 Å². The summed E-state index contributed by atoms with van der Waals surface area (Å²) in [4.78, 5) is 7.41. The van der Waals surface area contributed by atoms with E-state index in [2.05, 4.69) is 48.3 Å². The summed E-state index contributed by atoms with van der Waals surface area (Å²) < 4.78 is 0. The number of nitrogens with one attached hydrogen (secondary N) is 1. The fourth-order valence-electron chi connectivity index (χ4n) is 3.56. The molecule has 2 rings (SSSR count). The van der Waals surface area contributed by atoms with E-state index >= 15 is 0 Å². The average Bonchev–Trinajstić information content (AvgIpc) is 2.92. The maximum atomic E-state index is 4.69. The van der Waals surface area contributed by atoms with Crippen molar-refractivity contribution >= 4 is 11.3 Å². The highest BCUT2D eigenvalue weighted by Gasteiger charge is 2.38. The van der Waals surface area contributed by atoms with E-state index in [0.29, 0.717) is 6.04 Å². The Kier molecular flexibility index (Phi) is 6.20. The molecule has 1 aromatic rings. The van der Waals surface area contributed by atoms with Gasteiger partial charge < -0.3 is 5.32 Å². The molecule has 2 atom stereocenters. The molecule has 1 aliphatic heterocycles. The van der Waals surface area contributed by atoms with Gasteiger partial charge in [-0.3, -0.25) is 4.90 Å². The van der Waals surface area contributed by atoms with Gasteiger partial charge in [0.1, 0.15) is 0 Å². The monoisotopic (exact) mass is 309 g/mol. The van der Waals surface area contributed by atoms with Gasteiger partial charge in [0.05, 0.1) is 10.7 Å². The van der Waals surface area contributed by atoms with Crippen molar-refractivity contribution in [2.24, 2.45) is 0 Å². The third-order valence-corrected chi connectivity index (χ3v) is 5.90. The number of hydrogen-bond donors (Lipinski definition) is 1. The standard InChI is InChI=1S/C17H31N3S/c1-5-17(4,20-10-8-7-9-11-20)16(18-6-2)12-15-13-21-14(3)19-15/h13,16,18H,5-12H2,1-4H3. The van der Waals surface area contributed by atoms with Crippen molar-refractivity contribution in [1.29, 1.82) is 0 Å². The van der Waals surface area contributed by atoms with Crippen molar-refractivity contribution in [3.8, 4) is 0 Å². The maximum Gasteiger partial charge on any atom is 0.0897 e. The van der Waals surface area contributed by atoms with Gasteiger partial charge in [0.25, 0.3) is 0 Å². The van der Waals surface area contributed by atoms with E-state index in [4.69, 9.17) is 0 Å². The van der Waals surface area contributed by atoms with E-state index in [9.17, 15) is 0 Å². The van der Waals surface area contributed by atoms with E-state index in [1.165, 1.54) is 49.5 Å². The lowest BCUT2D eigenvalue weighted by molar-refractivity contribution is 0.0432. The zero-order valence-electron chi connectivity index (χ0n) is 14.1. The van der Waals surface area contributed by atoms with Crippen LogP contribution in [-0.2, 0) is 6.42 Å². The third kappa shape index (κ3) is 4.05. The Hall–Kier alpha value is -0.450. The summed E-state index contributed by atoms with van der Waals surface area (Å²) in [6.45, 7) is 12.6. The molecule has 21 heavy (non-hydrogen) atoms. The summed E-state index contributed by atoms with van der Waals surface area (Å²) in [5.41, 5.74) is 1.48. The number of likely N-dealkylation sites (tertiary alicyclic amines) is 1. The Balaban J connectivity index is 2.15. The van der Waals surface area contributed by atoms with Gasteiger partial charge >= 0.3 is 0 Å². The summed E-state index contributed by atoms with van der Waals surface area (Å²) >= 11 is 1.77. The van der Waals surface area contributed by atoms with Crippen LogP contribution in [0.25, 0.3) is 0 Å². The summed E-state index contributed by atoms with van der Waals surface area (Å²) in [5.74, 6) is 0. The van der Waals surface area contributed by atoms with E-state index in [1.54, 1.807) is 11.3 Å². The molecule has 1 N–H and O–H groups in total. The average molecular weight is 310 g/mol. The Morgan fingerprint density at radius 1 is 1.33 bits per heavy atom. The first-order valence-electron chi connectivity index (χ1n) is 8.49. The van der Waals surface area contributed by atoms with Crippen LogP contribution in [0.4, 0.5) is 0 Å². The van der Waals surface area contributed by atoms with Crippen molar-refractivity contribution in [1.82, 2.24) is 15.2 Å². The number of nitrogens with zero attached hydrogens (tertiary/aromatic N) is 2. The van der Waals surface area contributed by atoms with Crippen LogP contribution in [0.3, 0.4) is 0 Å². The van der Waals surface area contributed by atoms with Gasteiger partial charge in [-0.1, -0.05) is 20.3 Å². The molecule has 0 saturated carbocycles.